The lowest BCUT2D eigenvalue weighted by molar-refractivity contribution is 0.0698. The Morgan fingerprint density at radius 1 is 1.22 bits per heavy atom. The highest BCUT2D eigenvalue weighted by Gasteiger charge is 2.10. The van der Waals surface area contributed by atoms with E-state index in [1.807, 2.05) is 31.2 Å². The maximum atomic E-state index is 11.1. The van der Waals surface area contributed by atoms with Crippen LogP contribution in [0.4, 0.5) is 17.1 Å². The van der Waals surface area contributed by atoms with Crippen LogP contribution in [0.25, 0.3) is 0 Å². The van der Waals surface area contributed by atoms with Crippen LogP contribution >= 0.6 is 0 Å². The van der Waals surface area contributed by atoms with E-state index in [1.165, 1.54) is 6.07 Å². The van der Waals surface area contributed by atoms with Gasteiger partial charge in [-0.15, -0.1) is 0 Å². The minimum absolute atomic E-state index is 0.200. The standard InChI is InChI=1S/C14H14N2O2/c1-9-3-2-4-11(7-9)16-13-8-10(15)5-6-12(13)14(17)18/h2-8,16H,15H2,1H3,(H,17,18). The Kier molecular flexibility index (Phi) is 3.19. The van der Waals surface area contributed by atoms with Gasteiger partial charge in [-0.1, -0.05) is 12.1 Å². The zero-order valence-corrected chi connectivity index (χ0v) is 9.97. The number of carbonyl (C=O) groups is 1. The summed E-state index contributed by atoms with van der Waals surface area (Å²) in [7, 11) is 0. The third-order valence-electron chi connectivity index (χ3n) is 2.57. The summed E-state index contributed by atoms with van der Waals surface area (Å²) in [6.45, 7) is 1.97. The molecule has 0 radical (unpaired) electrons. The van der Waals surface area contributed by atoms with E-state index in [0.29, 0.717) is 11.4 Å². The molecule has 0 saturated carbocycles. The van der Waals surface area contributed by atoms with E-state index in [2.05, 4.69) is 5.32 Å². The molecule has 0 saturated heterocycles. The molecule has 4 nitrogen and oxygen atoms in total. The quantitative estimate of drug-likeness (QED) is 0.723. The molecule has 0 unspecified atom stereocenters. The largest absolute Gasteiger partial charge is 0.478 e. The second kappa shape index (κ2) is 4.79. The Balaban J connectivity index is 2.39. The van der Waals surface area contributed by atoms with Crippen LogP contribution in [0, 0.1) is 6.92 Å². The number of carboxylic acids is 1. The van der Waals surface area contributed by atoms with Gasteiger partial charge in [0.05, 0.1) is 11.3 Å². The van der Waals surface area contributed by atoms with Crippen LogP contribution < -0.4 is 11.1 Å². The first-order valence-electron chi connectivity index (χ1n) is 5.53. The van der Waals surface area contributed by atoms with Gasteiger partial charge in [0.1, 0.15) is 0 Å². The number of anilines is 3. The molecular formula is C14H14N2O2. The van der Waals surface area contributed by atoms with E-state index in [1.54, 1.807) is 12.1 Å². The van der Waals surface area contributed by atoms with Crippen molar-refractivity contribution < 1.29 is 9.90 Å². The van der Waals surface area contributed by atoms with Gasteiger partial charge >= 0.3 is 5.97 Å². The second-order valence-corrected chi connectivity index (χ2v) is 4.10. The lowest BCUT2D eigenvalue weighted by Crippen LogP contribution is -2.03. The van der Waals surface area contributed by atoms with Crippen molar-refractivity contribution in [2.24, 2.45) is 0 Å². The molecule has 2 aromatic carbocycles. The summed E-state index contributed by atoms with van der Waals surface area (Å²) in [5, 5.41) is 12.2. The van der Waals surface area contributed by atoms with Crippen molar-refractivity contribution in [2.75, 3.05) is 11.1 Å². The summed E-state index contributed by atoms with van der Waals surface area (Å²) < 4.78 is 0. The molecule has 0 spiro atoms. The van der Waals surface area contributed by atoms with Gasteiger partial charge in [0.15, 0.2) is 0 Å². The van der Waals surface area contributed by atoms with Gasteiger partial charge in [-0.25, -0.2) is 4.79 Å². The highest BCUT2D eigenvalue weighted by molar-refractivity contribution is 5.96. The monoisotopic (exact) mass is 242 g/mol. The molecule has 0 aromatic heterocycles. The summed E-state index contributed by atoms with van der Waals surface area (Å²) in [6.07, 6.45) is 0. The van der Waals surface area contributed by atoms with Crippen molar-refractivity contribution in [3.05, 3.63) is 53.6 Å². The number of hydrogen-bond acceptors (Lipinski definition) is 3. The summed E-state index contributed by atoms with van der Waals surface area (Å²) in [5.74, 6) is -0.981. The van der Waals surface area contributed by atoms with Gasteiger partial charge in [-0.2, -0.15) is 0 Å². The molecule has 0 fully saturated rings. The molecule has 0 amide bonds. The van der Waals surface area contributed by atoms with Gasteiger partial charge < -0.3 is 16.2 Å². The van der Waals surface area contributed by atoms with Crippen molar-refractivity contribution in [1.29, 1.82) is 0 Å². The van der Waals surface area contributed by atoms with Gasteiger partial charge in [-0.3, -0.25) is 0 Å². The zero-order valence-electron chi connectivity index (χ0n) is 9.97. The summed E-state index contributed by atoms with van der Waals surface area (Å²) in [6, 6.07) is 12.4. The van der Waals surface area contributed by atoms with Crippen LogP contribution in [0.1, 0.15) is 15.9 Å². The van der Waals surface area contributed by atoms with Crippen LogP contribution in [-0.2, 0) is 0 Å². The number of aromatic carboxylic acids is 1. The SMILES string of the molecule is Cc1cccc(Nc2cc(N)ccc2C(=O)O)c1. The molecule has 0 aliphatic rings. The fraction of sp³-hybridized carbons (Fsp3) is 0.0714. The van der Waals surface area contributed by atoms with Crippen molar-refractivity contribution >= 4 is 23.0 Å². The second-order valence-electron chi connectivity index (χ2n) is 4.10. The van der Waals surface area contributed by atoms with E-state index in [9.17, 15) is 4.79 Å². The smallest absolute Gasteiger partial charge is 0.337 e. The Labute approximate surface area is 105 Å². The van der Waals surface area contributed by atoms with Crippen molar-refractivity contribution in [3.8, 4) is 0 Å². The minimum Gasteiger partial charge on any atom is -0.478 e. The lowest BCUT2D eigenvalue weighted by atomic mass is 10.1. The Bertz CT molecular complexity index is 594. The molecule has 0 aliphatic heterocycles. The zero-order chi connectivity index (χ0) is 13.1. The average Bonchev–Trinajstić information content (AvgIpc) is 2.28. The number of rotatable bonds is 3. The van der Waals surface area contributed by atoms with E-state index in [-0.39, 0.29) is 5.56 Å². The van der Waals surface area contributed by atoms with Crippen LogP contribution in [0.15, 0.2) is 42.5 Å². The third-order valence-corrected chi connectivity index (χ3v) is 2.57. The third kappa shape index (κ3) is 2.60. The number of nitrogen functional groups attached to an aromatic ring is 1. The molecule has 0 heterocycles. The molecule has 0 aliphatic carbocycles. The van der Waals surface area contributed by atoms with Crippen molar-refractivity contribution in [3.63, 3.8) is 0 Å². The maximum absolute atomic E-state index is 11.1. The van der Waals surface area contributed by atoms with Gasteiger partial charge in [0.25, 0.3) is 0 Å². The molecule has 18 heavy (non-hydrogen) atoms. The molecule has 2 rings (SSSR count). The first-order valence-corrected chi connectivity index (χ1v) is 5.53. The highest BCUT2D eigenvalue weighted by Crippen LogP contribution is 2.24. The van der Waals surface area contributed by atoms with Gasteiger partial charge in [-0.05, 0) is 42.8 Å². The van der Waals surface area contributed by atoms with Crippen LogP contribution in [-0.4, -0.2) is 11.1 Å². The minimum atomic E-state index is -0.981. The van der Waals surface area contributed by atoms with E-state index in [4.69, 9.17) is 10.8 Å². The first-order chi connectivity index (χ1) is 8.56. The predicted molar refractivity (Wildman–Crippen MR) is 72.3 cm³/mol. The molecule has 0 atom stereocenters. The highest BCUT2D eigenvalue weighted by atomic mass is 16.4. The van der Waals surface area contributed by atoms with Crippen LogP contribution in [0.5, 0.6) is 0 Å². The Morgan fingerprint density at radius 3 is 2.67 bits per heavy atom. The van der Waals surface area contributed by atoms with E-state index in [0.717, 1.165) is 11.3 Å². The number of benzene rings is 2. The fourth-order valence-electron chi connectivity index (χ4n) is 1.73. The molecule has 4 heteroatoms. The van der Waals surface area contributed by atoms with Crippen molar-refractivity contribution in [1.82, 2.24) is 0 Å². The summed E-state index contributed by atoms with van der Waals surface area (Å²) >= 11 is 0. The van der Waals surface area contributed by atoms with E-state index < -0.39 is 5.97 Å². The average molecular weight is 242 g/mol. The topological polar surface area (TPSA) is 75.3 Å². The normalized spacial score (nSPS) is 10.1. The van der Waals surface area contributed by atoms with Crippen molar-refractivity contribution in [2.45, 2.75) is 6.92 Å². The van der Waals surface area contributed by atoms with Gasteiger partial charge in [0, 0.05) is 11.4 Å². The Hall–Kier alpha value is -2.49. The lowest BCUT2D eigenvalue weighted by Gasteiger charge is -2.11. The molecule has 2 aromatic rings. The fourth-order valence-corrected chi connectivity index (χ4v) is 1.73. The number of aryl methyl sites for hydroxylation is 1. The number of hydrogen-bond donors (Lipinski definition) is 3. The Morgan fingerprint density at radius 2 is 2.00 bits per heavy atom. The number of nitrogens with two attached hydrogens (primary N) is 1. The number of carboxylic acid groups (broad SMARTS) is 1. The van der Waals surface area contributed by atoms with Crippen LogP contribution in [0.2, 0.25) is 0 Å². The van der Waals surface area contributed by atoms with Gasteiger partial charge in [0.2, 0.25) is 0 Å². The molecular weight excluding hydrogens is 228 g/mol. The number of nitrogens with one attached hydrogen (secondary N) is 1. The maximum Gasteiger partial charge on any atom is 0.337 e. The first kappa shape index (κ1) is 12.0. The predicted octanol–water partition coefficient (Wildman–Crippen LogP) is 3.02. The summed E-state index contributed by atoms with van der Waals surface area (Å²) in [4.78, 5) is 11.1. The summed E-state index contributed by atoms with van der Waals surface area (Å²) in [5.41, 5.74) is 8.83. The van der Waals surface area contributed by atoms with E-state index >= 15 is 0 Å². The molecule has 0 bridgehead atoms. The molecule has 92 valence electrons. The molecule has 4 N–H and O–H groups in total. The van der Waals surface area contributed by atoms with Crippen LogP contribution in [0.3, 0.4) is 0 Å².